The molecule has 52 heavy (non-hydrogen) atoms. The smallest absolute Gasteiger partial charge is 0.259 e. The third kappa shape index (κ3) is 6.72. The molecule has 0 bridgehead atoms. The molecule has 0 aromatic carbocycles. The molecule has 1 aliphatic carbocycles. The summed E-state index contributed by atoms with van der Waals surface area (Å²) in [5.74, 6) is -2.25. The molecule has 12 nitrogen and oxygen atoms in total. The Labute approximate surface area is 299 Å². The van der Waals surface area contributed by atoms with Crippen LogP contribution in [0.15, 0.2) is 76.1 Å². The number of anilines is 1. The van der Waals surface area contributed by atoms with Crippen molar-refractivity contribution in [1.29, 1.82) is 15.9 Å². The number of pyridine rings is 5. The van der Waals surface area contributed by atoms with Crippen LogP contribution in [-0.4, -0.2) is 36.2 Å². The molecular weight excluding hydrogens is 692 g/mol. The number of amides is 1. The van der Waals surface area contributed by atoms with Crippen LogP contribution in [0.3, 0.4) is 0 Å². The number of nitriles is 2. The van der Waals surface area contributed by atoms with Gasteiger partial charge in [0.25, 0.3) is 11.1 Å². The van der Waals surface area contributed by atoms with Gasteiger partial charge >= 0.3 is 0 Å². The van der Waals surface area contributed by atoms with E-state index in [9.17, 15) is 33.7 Å². The molecule has 1 fully saturated rings. The molecule has 1 saturated carbocycles. The highest BCUT2D eigenvalue weighted by Gasteiger charge is 2.42. The average molecular weight is 720 g/mol. The molecule has 2 N–H and O–H groups in total. The maximum Gasteiger partial charge on any atom is 0.259 e. The van der Waals surface area contributed by atoms with Crippen molar-refractivity contribution >= 4 is 56.9 Å². The lowest BCUT2D eigenvalue weighted by Gasteiger charge is -2.14. The third-order valence-corrected chi connectivity index (χ3v) is 9.35. The first-order chi connectivity index (χ1) is 25.0. The van der Waals surface area contributed by atoms with Gasteiger partial charge in [-0.05, 0) is 67.5 Å². The third-order valence-electron chi connectivity index (χ3n) is 9.14. The van der Waals surface area contributed by atoms with Crippen LogP contribution in [0.1, 0.15) is 30.9 Å². The zero-order valence-electron chi connectivity index (χ0n) is 27.7. The monoisotopic (exact) mass is 719 g/mol. The van der Waals surface area contributed by atoms with Gasteiger partial charge in [0.1, 0.15) is 35.7 Å². The van der Waals surface area contributed by atoms with E-state index < -0.39 is 28.7 Å². The summed E-state index contributed by atoms with van der Waals surface area (Å²) in [6.07, 6.45) is 8.29. The number of rotatable bonds is 10. The van der Waals surface area contributed by atoms with E-state index in [2.05, 4.69) is 20.3 Å². The van der Waals surface area contributed by atoms with Crippen LogP contribution in [0.4, 0.5) is 14.6 Å². The van der Waals surface area contributed by atoms with Gasteiger partial charge in [-0.15, -0.1) is 0 Å². The van der Waals surface area contributed by atoms with E-state index in [1.54, 1.807) is 12.1 Å². The molecule has 260 valence electrons. The summed E-state index contributed by atoms with van der Waals surface area (Å²) in [5.41, 5.74) is 0.651. The van der Waals surface area contributed by atoms with E-state index in [-0.39, 0.29) is 75.7 Å². The first-order valence-corrected chi connectivity index (χ1v) is 16.3. The number of hydrogen-bond acceptors (Lipinski definition) is 9. The number of fused-ring (bicyclic) bond motifs is 2. The fourth-order valence-corrected chi connectivity index (χ4v) is 6.37. The minimum absolute atomic E-state index is 0.0364. The van der Waals surface area contributed by atoms with Crippen LogP contribution >= 0.6 is 11.6 Å². The number of aromatic nitrogens is 5. The number of carbonyl (C=O) groups is 1. The van der Waals surface area contributed by atoms with Gasteiger partial charge < -0.3 is 10.7 Å². The maximum absolute atomic E-state index is 14.8. The van der Waals surface area contributed by atoms with Crippen molar-refractivity contribution in [3.05, 3.63) is 109 Å². The largest absolute Gasteiger partial charge is 0.310 e. The van der Waals surface area contributed by atoms with Crippen LogP contribution in [0, 0.1) is 52.6 Å². The SMILES string of the molecule is CC(/C(=C/CC1CC1C(=O)Nc1cc2c(cn1)cc(-c1cncc(F)c1C)c(=O)n2CC#N)c1cc2cnc(Cl)cc2n(CC#N)c1=O)=C(\F)C=N. The number of nitrogens with one attached hydrogen (secondary N) is 2. The Balaban J connectivity index is 1.27. The Morgan fingerprint density at radius 2 is 1.69 bits per heavy atom. The molecule has 5 aromatic rings. The fraction of sp³-hybridized carbons (Fsp3) is 0.216. The van der Waals surface area contributed by atoms with Crippen molar-refractivity contribution in [1.82, 2.24) is 24.1 Å². The Bertz CT molecular complexity index is 2600. The first kappa shape index (κ1) is 35.4. The lowest BCUT2D eigenvalue weighted by Crippen LogP contribution is -2.24. The van der Waals surface area contributed by atoms with E-state index in [0.29, 0.717) is 34.4 Å². The van der Waals surface area contributed by atoms with Crippen molar-refractivity contribution in [2.24, 2.45) is 11.8 Å². The predicted octanol–water partition coefficient (Wildman–Crippen LogP) is 6.26. The summed E-state index contributed by atoms with van der Waals surface area (Å²) >= 11 is 6.05. The standard InChI is InChI=1S/C37H28ClF2N9O3/c1-19(29(39)14-43)24(26-10-22-15-45-33(38)12-31(22)48(7-5-41)36(26)51)4-3-21-9-25(21)35(50)47-34-13-32-23(16-46-34)11-27(37(52)49(32)8-6-42)28-17-44-18-30(40)20(28)2/h4,10-18,21,25,43H,3,7-9H2,1-2H3,(H,46,47,50)/b24-4-,29-19+,43-14?. The van der Waals surface area contributed by atoms with Crippen LogP contribution in [0.25, 0.3) is 38.5 Å². The van der Waals surface area contributed by atoms with Crippen molar-refractivity contribution < 1.29 is 13.6 Å². The van der Waals surface area contributed by atoms with Gasteiger partial charge in [-0.25, -0.2) is 18.7 Å². The second kappa shape index (κ2) is 14.5. The summed E-state index contributed by atoms with van der Waals surface area (Å²) in [6.45, 7) is 2.37. The van der Waals surface area contributed by atoms with Gasteiger partial charge in [0.05, 0.1) is 35.6 Å². The van der Waals surface area contributed by atoms with Crippen molar-refractivity contribution in [3.8, 4) is 23.3 Å². The van der Waals surface area contributed by atoms with E-state index in [4.69, 9.17) is 17.0 Å². The fourth-order valence-electron chi connectivity index (χ4n) is 6.22. The Hall–Kier alpha value is -6.38. The van der Waals surface area contributed by atoms with E-state index >= 15 is 0 Å². The molecule has 1 amide bonds. The Kier molecular flexibility index (Phi) is 9.86. The molecular formula is C37H28ClF2N9O3. The van der Waals surface area contributed by atoms with Gasteiger partial charge in [0, 0.05) is 58.0 Å². The number of hydrogen-bond donors (Lipinski definition) is 2. The molecule has 6 rings (SSSR count). The highest BCUT2D eigenvalue weighted by atomic mass is 35.5. The normalized spacial score (nSPS) is 15.9. The zero-order valence-corrected chi connectivity index (χ0v) is 28.5. The molecule has 5 heterocycles. The molecule has 0 spiro atoms. The second-order valence-electron chi connectivity index (χ2n) is 12.3. The summed E-state index contributed by atoms with van der Waals surface area (Å²) in [4.78, 5) is 52.7. The Morgan fingerprint density at radius 3 is 2.40 bits per heavy atom. The Morgan fingerprint density at radius 1 is 1.02 bits per heavy atom. The minimum atomic E-state index is -0.857. The zero-order chi connectivity index (χ0) is 37.3. The molecule has 2 unspecified atom stereocenters. The van der Waals surface area contributed by atoms with Crippen molar-refractivity contribution in [3.63, 3.8) is 0 Å². The van der Waals surface area contributed by atoms with Crippen LogP contribution in [0.2, 0.25) is 5.15 Å². The van der Waals surface area contributed by atoms with Gasteiger partial charge in [-0.3, -0.25) is 28.5 Å². The summed E-state index contributed by atoms with van der Waals surface area (Å²) in [7, 11) is 0. The van der Waals surface area contributed by atoms with Crippen LogP contribution in [-0.2, 0) is 17.9 Å². The van der Waals surface area contributed by atoms with E-state index in [0.717, 1.165) is 6.20 Å². The van der Waals surface area contributed by atoms with Crippen molar-refractivity contribution in [2.75, 3.05) is 5.32 Å². The molecule has 15 heteroatoms. The van der Waals surface area contributed by atoms with Crippen LogP contribution in [0.5, 0.6) is 0 Å². The average Bonchev–Trinajstić information content (AvgIpc) is 3.92. The quantitative estimate of drug-likeness (QED) is 0.0963. The van der Waals surface area contributed by atoms with Crippen LogP contribution < -0.4 is 16.4 Å². The number of allylic oxidation sites excluding steroid dienone is 4. The maximum atomic E-state index is 14.8. The summed E-state index contributed by atoms with van der Waals surface area (Å²) < 4.78 is 31.5. The number of nitrogens with zero attached hydrogens (tertiary/aromatic N) is 7. The number of halogens is 3. The molecule has 2 atom stereocenters. The van der Waals surface area contributed by atoms with Gasteiger partial charge in [0.2, 0.25) is 5.91 Å². The lowest BCUT2D eigenvalue weighted by molar-refractivity contribution is -0.117. The minimum Gasteiger partial charge on any atom is -0.310 e. The molecule has 0 saturated heterocycles. The topological polar surface area (TPSA) is 183 Å². The summed E-state index contributed by atoms with van der Waals surface area (Å²) in [5, 5.41) is 30.3. The predicted molar refractivity (Wildman–Crippen MR) is 192 cm³/mol. The molecule has 0 aliphatic heterocycles. The summed E-state index contributed by atoms with van der Waals surface area (Å²) in [6, 6.07) is 9.97. The van der Waals surface area contributed by atoms with Gasteiger partial charge in [0.15, 0.2) is 0 Å². The molecule has 5 aromatic heterocycles. The second-order valence-corrected chi connectivity index (χ2v) is 12.7. The lowest BCUT2D eigenvalue weighted by atomic mass is 9.96. The van der Waals surface area contributed by atoms with E-state index in [1.807, 2.05) is 12.1 Å². The van der Waals surface area contributed by atoms with Gasteiger partial charge in [-0.1, -0.05) is 17.7 Å². The highest BCUT2D eigenvalue weighted by Crippen LogP contribution is 2.43. The molecule has 0 radical (unpaired) electrons. The first-order valence-electron chi connectivity index (χ1n) is 15.9. The van der Waals surface area contributed by atoms with Gasteiger partial charge in [-0.2, -0.15) is 10.5 Å². The molecule has 1 aliphatic rings. The number of carbonyl (C=O) groups excluding carboxylic acids is 1. The highest BCUT2D eigenvalue weighted by molar-refractivity contribution is 6.30. The van der Waals surface area contributed by atoms with Crippen molar-refractivity contribution in [2.45, 2.75) is 39.8 Å². The van der Waals surface area contributed by atoms with E-state index in [1.165, 1.54) is 59.8 Å².